The van der Waals surface area contributed by atoms with E-state index in [4.69, 9.17) is 10.2 Å². The lowest BCUT2D eigenvalue weighted by Gasteiger charge is -1.93. The van der Waals surface area contributed by atoms with Crippen LogP contribution < -0.4 is 0 Å². The summed E-state index contributed by atoms with van der Waals surface area (Å²) in [5.74, 6) is -1.84. The fourth-order valence-corrected chi connectivity index (χ4v) is 0.766. The molecule has 0 aliphatic heterocycles. The lowest BCUT2D eigenvalue weighted by atomic mass is 10.2. The van der Waals surface area contributed by atoms with E-state index in [0.717, 1.165) is 0 Å². The zero-order valence-electron chi connectivity index (χ0n) is 10.5. The van der Waals surface area contributed by atoms with Gasteiger partial charge in [-0.2, -0.15) is 0 Å². The maximum Gasteiger partial charge on any atom is 0.330 e. The molecule has 0 rings (SSSR count). The van der Waals surface area contributed by atoms with Gasteiger partial charge in [-0.3, -0.25) is 0 Å². The topological polar surface area (TPSA) is 74.6 Å². The number of carbonyl (C=O) groups is 2. The van der Waals surface area contributed by atoms with Crippen molar-refractivity contribution in [3.05, 3.63) is 49.6 Å². The molecular formula is C14H20O4. The van der Waals surface area contributed by atoms with E-state index in [0.29, 0.717) is 25.7 Å². The third-order valence-corrected chi connectivity index (χ3v) is 1.91. The van der Waals surface area contributed by atoms with Gasteiger partial charge in [-0.1, -0.05) is 25.3 Å². The zero-order chi connectivity index (χ0) is 14.6. The number of aliphatic carboxylic acids is 2. The van der Waals surface area contributed by atoms with Crippen LogP contribution in [0.3, 0.4) is 0 Å². The SMILES string of the molecule is C=CCCC(=C)C(=O)O.C=CCCC(=C)C(=O)O. The van der Waals surface area contributed by atoms with Crippen LogP contribution in [0.5, 0.6) is 0 Å². The highest BCUT2D eigenvalue weighted by molar-refractivity contribution is 5.86. The van der Waals surface area contributed by atoms with E-state index >= 15 is 0 Å². The van der Waals surface area contributed by atoms with Crippen molar-refractivity contribution in [3.8, 4) is 0 Å². The van der Waals surface area contributed by atoms with Gasteiger partial charge in [0.15, 0.2) is 0 Å². The van der Waals surface area contributed by atoms with E-state index in [1.54, 1.807) is 12.2 Å². The average molecular weight is 252 g/mol. The minimum atomic E-state index is -0.920. The third kappa shape index (κ3) is 12.0. The quantitative estimate of drug-likeness (QED) is 0.514. The molecule has 0 unspecified atom stereocenters. The maximum absolute atomic E-state index is 10.1. The molecule has 0 aromatic heterocycles. The van der Waals surface area contributed by atoms with Gasteiger partial charge in [-0.25, -0.2) is 9.59 Å². The summed E-state index contributed by atoms with van der Waals surface area (Å²) < 4.78 is 0. The highest BCUT2D eigenvalue weighted by atomic mass is 16.4. The molecule has 0 bridgehead atoms. The summed E-state index contributed by atoms with van der Waals surface area (Å²) in [6.45, 7) is 13.6. The molecule has 0 atom stereocenters. The predicted molar refractivity (Wildman–Crippen MR) is 72.4 cm³/mol. The molecule has 0 spiro atoms. The number of carboxylic acids is 2. The molecular weight excluding hydrogens is 232 g/mol. The molecule has 0 radical (unpaired) electrons. The largest absolute Gasteiger partial charge is 0.478 e. The molecule has 18 heavy (non-hydrogen) atoms. The molecule has 0 heterocycles. The molecule has 2 N–H and O–H groups in total. The molecule has 4 heteroatoms. The Bertz CT molecular complexity index is 306. The van der Waals surface area contributed by atoms with Crippen LogP contribution >= 0.6 is 0 Å². The Morgan fingerprint density at radius 3 is 1.28 bits per heavy atom. The van der Waals surface area contributed by atoms with E-state index in [-0.39, 0.29) is 11.1 Å². The Morgan fingerprint density at radius 1 is 0.833 bits per heavy atom. The van der Waals surface area contributed by atoms with Crippen molar-refractivity contribution in [2.24, 2.45) is 0 Å². The summed E-state index contributed by atoms with van der Waals surface area (Å²) in [5.41, 5.74) is 0.491. The summed E-state index contributed by atoms with van der Waals surface area (Å²) in [5, 5.41) is 16.5. The van der Waals surface area contributed by atoms with Crippen molar-refractivity contribution < 1.29 is 19.8 Å². The van der Waals surface area contributed by atoms with Gasteiger partial charge in [0, 0.05) is 11.1 Å². The molecule has 0 amide bonds. The monoisotopic (exact) mass is 252 g/mol. The van der Waals surface area contributed by atoms with Gasteiger partial charge < -0.3 is 10.2 Å². The van der Waals surface area contributed by atoms with E-state index < -0.39 is 11.9 Å². The Kier molecular flexibility index (Phi) is 11.6. The standard InChI is InChI=1S/2C7H10O2/c2*1-3-4-5-6(2)7(8)9/h2*3H,1-2,4-5H2,(H,8,9). The molecule has 0 saturated heterocycles. The highest BCUT2D eigenvalue weighted by Gasteiger charge is 2.00. The molecule has 0 saturated carbocycles. The average Bonchev–Trinajstić information content (AvgIpc) is 2.33. The van der Waals surface area contributed by atoms with Crippen LogP contribution in [0.25, 0.3) is 0 Å². The Hall–Kier alpha value is -2.10. The van der Waals surface area contributed by atoms with Crippen LogP contribution in [0.1, 0.15) is 25.7 Å². The van der Waals surface area contributed by atoms with Crippen LogP contribution in [-0.4, -0.2) is 22.2 Å². The van der Waals surface area contributed by atoms with E-state index in [9.17, 15) is 9.59 Å². The van der Waals surface area contributed by atoms with Crippen molar-refractivity contribution in [2.75, 3.05) is 0 Å². The van der Waals surface area contributed by atoms with Gasteiger partial charge in [-0.15, -0.1) is 13.2 Å². The highest BCUT2D eigenvalue weighted by Crippen LogP contribution is 2.01. The van der Waals surface area contributed by atoms with Crippen molar-refractivity contribution in [1.82, 2.24) is 0 Å². The van der Waals surface area contributed by atoms with Gasteiger partial charge in [0.2, 0.25) is 0 Å². The van der Waals surface area contributed by atoms with Gasteiger partial charge in [0.25, 0.3) is 0 Å². The third-order valence-electron chi connectivity index (χ3n) is 1.91. The first-order chi connectivity index (χ1) is 8.36. The van der Waals surface area contributed by atoms with Crippen LogP contribution in [0.2, 0.25) is 0 Å². The van der Waals surface area contributed by atoms with Gasteiger partial charge in [0.1, 0.15) is 0 Å². The summed E-state index contributed by atoms with van der Waals surface area (Å²) in [6.07, 6.45) is 5.72. The molecule has 0 aliphatic rings. The summed E-state index contributed by atoms with van der Waals surface area (Å²) in [4.78, 5) is 20.1. The predicted octanol–water partition coefficient (Wildman–Crippen LogP) is 3.19. The molecule has 0 fully saturated rings. The van der Waals surface area contributed by atoms with E-state index in [1.165, 1.54) is 0 Å². The van der Waals surface area contributed by atoms with Crippen LogP contribution in [-0.2, 0) is 9.59 Å². The van der Waals surface area contributed by atoms with Gasteiger partial charge >= 0.3 is 11.9 Å². The number of allylic oxidation sites excluding steroid dienone is 2. The van der Waals surface area contributed by atoms with Crippen molar-refractivity contribution in [3.63, 3.8) is 0 Å². The van der Waals surface area contributed by atoms with E-state index in [1.807, 2.05) is 0 Å². The second kappa shape index (κ2) is 11.4. The lowest BCUT2D eigenvalue weighted by molar-refractivity contribution is -0.133. The molecule has 100 valence electrons. The minimum Gasteiger partial charge on any atom is -0.478 e. The van der Waals surface area contributed by atoms with Crippen LogP contribution in [0.4, 0.5) is 0 Å². The fraction of sp³-hybridized carbons (Fsp3) is 0.286. The Balaban J connectivity index is 0. The minimum absolute atomic E-state index is 0.245. The second-order valence-corrected chi connectivity index (χ2v) is 3.47. The summed E-state index contributed by atoms with van der Waals surface area (Å²) in [6, 6.07) is 0. The first-order valence-electron chi connectivity index (χ1n) is 5.40. The first kappa shape index (κ1) is 18.3. The summed E-state index contributed by atoms with van der Waals surface area (Å²) in [7, 11) is 0. The zero-order valence-corrected chi connectivity index (χ0v) is 10.5. The molecule has 0 aromatic rings. The van der Waals surface area contributed by atoms with Crippen molar-refractivity contribution in [1.29, 1.82) is 0 Å². The van der Waals surface area contributed by atoms with Gasteiger partial charge in [-0.05, 0) is 25.7 Å². The fourth-order valence-electron chi connectivity index (χ4n) is 0.766. The second-order valence-electron chi connectivity index (χ2n) is 3.47. The summed E-state index contributed by atoms with van der Waals surface area (Å²) >= 11 is 0. The Labute approximate surface area is 108 Å². The van der Waals surface area contributed by atoms with Crippen LogP contribution in [0, 0.1) is 0 Å². The first-order valence-corrected chi connectivity index (χ1v) is 5.40. The smallest absolute Gasteiger partial charge is 0.330 e. The Morgan fingerprint density at radius 2 is 1.11 bits per heavy atom. The number of hydrogen-bond acceptors (Lipinski definition) is 2. The van der Waals surface area contributed by atoms with E-state index in [2.05, 4.69) is 26.3 Å². The number of rotatable bonds is 8. The van der Waals surface area contributed by atoms with Crippen molar-refractivity contribution in [2.45, 2.75) is 25.7 Å². The molecule has 0 aromatic carbocycles. The van der Waals surface area contributed by atoms with Crippen LogP contribution in [0.15, 0.2) is 49.6 Å². The normalized spacial score (nSPS) is 8.44. The number of carboxylic acid groups (broad SMARTS) is 2. The van der Waals surface area contributed by atoms with Gasteiger partial charge in [0.05, 0.1) is 0 Å². The molecule has 4 nitrogen and oxygen atoms in total. The lowest BCUT2D eigenvalue weighted by Crippen LogP contribution is -1.97. The number of hydrogen-bond donors (Lipinski definition) is 2. The molecule has 0 aliphatic carbocycles. The maximum atomic E-state index is 10.1. The van der Waals surface area contributed by atoms with Crippen molar-refractivity contribution >= 4 is 11.9 Å².